The van der Waals surface area contributed by atoms with E-state index in [-0.39, 0.29) is 37.3 Å². The molecular weight excluding hydrogens is 642 g/mol. The predicted molar refractivity (Wildman–Crippen MR) is 178 cm³/mol. The van der Waals surface area contributed by atoms with Crippen molar-refractivity contribution < 1.29 is 32.2 Å². The molecule has 246 valence electrons. The van der Waals surface area contributed by atoms with Crippen LogP contribution in [0.2, 0.25) is 10.0 Å². The fraction of sp³-hybridized carbons (Fsp3) is 0.394. The van der Waals surface area contributed by atoms with E-state index in [9.17, 15) is 17.6 Å². The lowest BCUT2D eigenvalue weighted by atomic mass is 9.96. The Labute approximate surface area is 275 Å². The predicted octanol–water partition coefficient (Wildman–Crippen LogP) is 7.47. The summed E-state index contributed by atoms with van der Waals surface area (Å²) in [5.74, 6) is -1.84. The van der Waals surface area contributed by atoms with Crippen LogP contribution in [0.25, 0.3) is 0 Å². The first-order chi connectivity index (χ1) is 21.0. The minimum atomic E-state index is -3.98. The molecule has 1 fully saturated rings. The lowest BCUT2D eigenvalue weighted by Crippen LogP contribution is -2.57. The summed E-state index contributed by atoms with van der Waals surface area (Å²) in [6, 6.07) is 21.4. The van der Waals surface area contributed by atoms with Gasteiger partial charge in [-0.3, -0.25) is 13.9 Å². The Hall–Kier alpha value is -3.18. The summed E-state index contributed by atoms with van der Waals surface area (Å²) in [4.78, 5) is 23.9. The number of benzene rings is 3. The van der Waals surface area contributed by atoms with Gasteiger partial charge >= 0.3 is 0 Å². The number of carboxylic acids is 1. The molecule has 1 aliphatic heterocycles. The number of rotatable bonds is 7. The number of carboxylic acid groups (broad SMARTS) is 1. The van der Waals surface area contributed by atoms with E-state index >= 15 is 0 Å². The second kappa shape index (κ2) is 16.9. The van der Waals surface area contributed by atoms with E-state index in [0.29, 0.717) is 5.02 Å². The van der Waals surface area contributed by atoms with E-state index in [0.717, 1.165) is 21.8 Å². The standard InChI is InChI=1S/C25H32ClFN2O4S.C6H5Cl.C2H4O2/c1-17(2)22(29-23(15-33-16-24(29)30)18-10-12-19(26)13-11-18)14-28(34(31,32)25(3,4)5)21-9-7-6-8-20(21)27;7-6-4-2-1-3-5-6;1-2(3)4/h6-13,17,22-23H,14-16H2,1-5H3;1-5H;1H3,(H,3,4)/t22?,23-;;/m0../s1. The quantitative estimate of drug-likeness (QED) is 0.277. The maximum Gasteiger partial charge on any atom is 0.300 e. The van der Waals surface area contributed by atoms with Crippen LogP contribution in [0.15, 0.2) is 78.9 Å². The third-order valence-corrected chi connectivity index (χ3v) is 9.76. The van der Waals surface area contributed by atoms with Crippen molar-refractivity contribution in [3.05, 3.63) is 100 Å². The zero-order valence-electron chi connectivity index (χ0n) is 26.3. The van der Waals surface area contributed by atoms with Crippen LogP contribution in [0.4, 0.5) is 10.1 Å². The summed E-state index contributed by atoms with van der Waals surface area (Å²) >= 11 is 11.6. The number of halogens is 3. The minimum Gasteiger partial charge on any atom is -0.481 e. The first-order valence-electron chi connectivity index (χ1n) is 14.3. The highest BCUT2D eigenvalue weighted by molar-refractivity contribution is 7.94. The Morgan fingerprint density at radius 2 is 1.51 bits per heavy atom. The van der Waals surface area contributed by atoms with Gasteiger partial charge in [0.25, 0.3) is 5.97 Å². The molecule has 4 rings (SSSR count). The lowest BCUT2D eigenvalue weighted by Gasteiger charge is -2.45. The van der Waals surface area contributed by atoms with E-state index in [1.807, 2.05) is 56.3 Å². The van der Waals surface area contributed by atoms with Gasteiger partial charge in [0.2, 0.25) is 15.9 Å². The number of para-hydroxylation sites is 1. The summed E-state index contributed by atoms with van der Waals surface area (Å²) in [5, 5.41) is 8.78. The zero-order valence-corrected chi connectivity index (χ0v) is 28.6. The number of amides is 1. The fourth-order valence-electron chi connectivity index (χ4n) is 4.46. The van der Waals surface area contributed by atoms with Crippen LogP contribution in [0.5, 0.6) is 0 Å². The highest BCUT2D eigenvalue weighted by Crippen LogP contribution is 2.34. The Morgan fingerprint density at radius 3 is 1.98 bits per heavy atom. The largest absolute Gasteiger partial charge is 0.481 e. The molecule has 3 aromatic carbocycles. The van der Waals surface area contributed by atoms with E-state index < -0.39 is 38.6 Å². The number of nitrogens with zero attached hydrogens (tertiary/aromatic N) is 2. The van der Waals surface area contributed by atoms with Crippen LogP contribution < -0.4 is 4.31 Å². The molecule has 0 bridgehead atoms. The summed E-state index contributed by atoms with van der Waals surface area (Å²) in [6.07, 6.45) is 0. The SMILES string of the molecule is CC(=O)O.CC(C)C(CN(c1ccccc1F)S(=O)(=O)C(C)(C)C)N1C(=O)COC[C@H]1c1ccc(Cl)cc1.Clc1ccccc1. The van der Waals surface area contributed by atoms with E-state index in [2.05, 4.69) is 0 Å². The molecular formula is C33H41Cl2FN2O6S. The van der Waals surface area contributed by atoms with Gasteiger partial charge < -0.3 is 14.7 Å². The molecule has 1 unspecified atom stereocenters. The molecule has 1 N–H and O–H groups in total. The lowest BCUT2D eigenvalue weighted by molar-refractivity contribution is -0.153. The molecule has 0 saturated carbocycles. The summed E-state index contributed by atoms with van der Waals surface area (Å²) < 4.78 is 47.6. The highest BCUT2D eigenvalue weighted by atomic mass is 35.5. The molecule has 0 spiro atoms. The van der Waals surface area contributed by atoms with Crippen molar-refractivity contribution in [3.63, 3.8) is 0 Å². The fourth-order valence-corrected chi connectivity index (χ4v) is 6.15. The van der Waals surface area contributed by atoms with Crippen LogP contribution in [-0.4, -0.2) is 60.8 Å². The summed E-state index contributed by atoms with van der Waals surface area (Å²) in [6.45, 7) is 9.76. The number of carbonyl (C=O) groups excluding carboxylic acids is 1. The first-order valence-corrected chi connectivity index (χ1v) is 16.5. The maximum atomic E-state index is 14.9. The van der Waals surface area contributed by atoms with Crippen molar-refractivity contribution in [2.45, 2.75) is 58.4 Å². The van der Waals surface area contributed by atoms with Gasteiger partial charge in [0, 0.05) is 17.0 Å². The third kappa shape index (κ3) is 11.0. The van der Waals surface area contributed by atoms with Gasteiger partial charge in [0.1, 0.15) is 12.4 Å². The molecule has 1 amide bonds. The number of hydrogen-bond donors (Lipinski definition) is 1. The maximum absolute atomic E-state index is 14.9. The van der Waals surface area contributed by atoms with Crippen LogP contribution in [0, 0.1) is 11.7 Å². The summed E-state index contributed by atoms with van der Waals surface area (Å²) in [5.41, 5.74) is 0.797. The van der Waals surface area contributed by atoms with Crippen molar-refractivity contribution in [2.24, 2.45) is 5.92 Å². The molecule has 8 nitrogen and oxygen atoms in total. The van der Waals surface area contributed by atoms with Crippen molar-refractivity contribution in [3.8, 4) is 0 Å². The third-order valence-electron chi connectivity index (χ3n) is 6.78. The van der Waals surface area contributed by atoms with Gasteiger partial charge in [-0.1, -0.05) is 79.5 Å². The number of sulfonamides is 1. The number of ether oxygens (including phenoxy) is 1. The van der Waals surface area contributed by atoms with Crippen LogP contribution in [0.1, 0.15) is 53.1 Å². The monoisotopic (exact) mass is 682 g/mol. The van der Waals surface area contributed by atoms with Gasteiger partial charge in [-0.25, -0.2) is 12.8 Å². The average Bonchev–Trinajstić information content (AvgIpc) is 2.95. The first kappa shape index (κ1) is 38.0. The van der Waals surface area contributed by atoms with E-state index in [1.165, 1.54) is 18.2 Å². The number of morpholine rings is 1. The van der Waals surface area contributed by atoms with Crippen LogP contribution >= 0.6 is 23.2 Å². The minimum absolute atomic E-state index is 0.0353. The zero-order chi connectivity index (χ0) is 33.9. The Balaban J connectivity index is 0.000000541. The molecule has 0 aliphatic carbocycles. The molecule has 2 atom stereocenters. The molecule has 0 radical (unpaired) electrons. The Morgan fingerprint density at radius 1 is 1.00 bits per heavy atom. The Bertz CT molecular complexity index is 1500. The van der Waals surface area contributed by atoms with Gasteiger partial charge in [-0.05, 0) is 68.7 Å². The number of hydrogen-bond acceptors (Lipinski definition) is 5. The highest BCUT2D eigenvalue weighted by Gasteiger charge is 2.42. The van der Waals surface area contributed by atoms with Crippen molar-refractivity contribution in [1.82, 2.24) is 4.90 Å². The van der Waals surface area contributed by atoms with E-state index in [4.69, 9.17) is 37.8 Å². The van der Waals surface area contributed by atoms with Gasteiger partial charge in [0.15, 0.2) is 0 Å². The van der Waals surface area contributed by atoms with Crippen molar-refractivity contribution >= 4 is 50.8 Å². The number of aliphatic carboxylic acids is 1. The molecule has 0 aromatic heterocycles. The van der Waals surface area contributed by atoms with Crippen molar-refractivity contribution in [2.75, 3.05) is 24.1 Å². The van der Waals surface area contributed by atoms with Crippen molar-refractivity contribution in [1.29, 1.82) is 0 Å². The number of anilines is 1. The second-order valence-electron chi connectivity index (χ2n) is 11.6. The molecule has 1 aliphatic rings. The normalized spacial score (nSPS) is 15.7. The number of carbonyl (C=O) groups is 2. The average molecular weight is 684 g/mol. The van der Waals surface area contributed by atoms with E-state index in [1.54, 1.807) is 43.9 Å². The smallest absolute Gasteiger partial charge is 0.300 e. The molecule has 1 saturated heterocycles. The second-order valence-corrected chi connectivity index (χ2v) is 15.1. The molecule has 45 heavy (non-hydrogen) atoms. The topological polar surface area (TPSA) is 104 Å². The van der Waals surface area contributed by atoms with Gasteiger partial charge in [0.05, 0.1) is 35.7 Å². The molecule has 1 heterocycles. The Kier molecular flexibility index (Phi) is 14.3. The van der Waals surface area contributed by atoms with Crippen LogP contribution in [0.3, 0.4) is 0 Å². The molecule has 12 heteroatoms. The van der Waals surface area contributed by atoms with Gasteiger partial charge in [-0.2, -0.15) is 0 Å². The van der Waals surface area contributed by atoms with Gasteiger partial charge in [-0.15, -0.1) is 0 Å². The molecule has 3 aromatic rings. The van der Waals surface area contributed by atoms with Crippen LogP contribution in [-0.2, 0) is 24.3 Å². The summed E-state index contributed by atoms with van der Waals surface area (Å²) in [7, 11) is -3.98.